The second kappa shape index (κ2) is 22.4. The highest BCUT2D eigenvalue weighted by molar-refractivity contribution is 8.00. The molecule has 0 radical (unpaired) electrons. The number of thiazole rings is 1. The van der Waals surface area contributed by atoms with Crippen molar-refractivity contribution >= 4 is 63.7 Å². The Kier molecular flexibility index (Phi) is 19.7. The van der Waals surface area contributed by atoms with Crippen molar-refractivity contribution in [2.45, 2.75) is 212 Å². The van der Waals surface area contributed by atoms with E-state index in [9.17, 15) is 9.59 Å². The van der Waals surface area contributed by atoms with Crippen molar-refractivity contribution in [1.29, 1.82) is 0 Å². The SMILES string of the molecule is CC[Si](CC)(CC)OC1[C@@H](C)CCC[C@]2(C)[C@H](C[C@@H](/C(C)=C/c3csc(SC)n3)OC(=O)C[C@H](O[Si](CC)(CC)CC)C(C)(C)C(=O)[C@@H]1C)N2CCNC(=O)OC(C)(C)C. The van der Waals surface area contributed by atoms with Crippen molar-refractivity contribution < 1.29 is 32.7 Å². The van der Waals surface area contributed by atoms with Crippen LogP contribution in [-0.4, -0.2) is 99.2 Å². The van der Waals surface area contributed by atoms with Gasteiger partial charge < -0.3 is 23.6 Å². The minimum absolute atomic E-state index is 0.0125. The van der Waals surface area contributed by atoms with Crippen LogP contribution < -0.4 is 5.32 Å². The Labute approximate surface area is 375 Å². The van der Waals surface area contributed by atoms with Crippen molar-refractivity contribution in [3.05, 3.63) is 16.6 Å². The standard InChI is InChI=1S/C46H83N3O7S2Si2/c1-17-59(18-2,19-3)55-38-30-39(50)53-36(33(8)28-35-31-58-43(48-35)57-16)29-37-46(15,49(37)27-26-47-42(52)54-44(10,11)12)25-23-24-32(7)40(34(9)41(51)45(38,13)14)56-60(20-4,21-5)22-6/h28,31-32,34,36-38,40H,17-27,29-30H2,1-16H3,(H,47,52)/b33-28+/t32-,34+,36-,37-,38-,40?,46+,49?/m0/s1. The zero-order valence-electron chi connectivity index (χ0n) is 40.4. The van der Waals surface area contributed by atoms with Crippen molar-refractivity contribution in [3.63, 3.8) is 0 Å². The van der Waals surface area contributed by atoms with E-state index in [2.05, 4.69) is 72.5 Å². The first-order chi connectivity index (χ1) is 28.0. The molecule has 1 amide bonds. The van der Waals surface area contributed by atoms with E-state index in [1.807, 2.05) is 59.3 Å². The number of Topliss-reactive ketones (excluding diaryl/α,β-unsaturated/α-hetero) is 1. The number of rotatable bonds is 16. The van der Waals surface area contributed by atoms with Gasteiger partial charge in [-0.05, 0) is 108 Å². The number of thioether (sulfide) groups is 1. The van der Waals surface area contributed by atoms with Gasteiger partial charge >= 0.3 is 12.1 Å². The molecule has 60 heavy (non-hydrogen) atoms. The van der Waals surface area contributed by atoms with Gasteiger partial charge in [0.2, 0.25) is 0 Å². The minimum Gasteiger partial charge on any atom is -0.458 e. The average molecular weight is 910 g/mol. The number of aromatic nitrogens is 1. The Morgan fingerprint density at radius 3 is 2.13 bits per heavy atom. The molecule has 10 nitrogen and oxygen atoms in total. The fourth-order valence-corrected chi connectivity index (χ4v) is 16.7. The Hall–Kier alpha value is -1.56. The third kappa shape index (κ3) is 13.5. The Bertz CT molecular complexity index is 1570. The number of ketones is 1. The molecule has 0 aromatic carbocycles. The number of hydrogen-bond donors (Lipinski definition) is 1. The number of carbonyl (C=O) groups excluding carboxylic acids is 3. The van der Waals surface area contributed by atoms with Crippen LogP contribution in [0.15, 0.2) is 15.3 Å². The maximum absolute atomic E-state index is 15.2. The quantitative estimate of drug-likeness (QED) is 0.0744. The summed E-state index contributed by atoms with van der Waals surface area (Å²) in [4.78, 5) is 49.6. The predicted molar refractivity (Wildman–Crippen MR) is 255 cm³/mol. The summed E-state index contributed by atoms with van der Waals surface area (Å²) in [5.74, 6) is -0.498. The van der Waals surface area contributed by atoms with E-state index in [0.717, 1.165) is 71.1 Å². The number of nitrogens with zero attached hydrogens (tertiary/aromatic N) is 2. The molecule has 0 aliphatic carbocycles. The van der Waals surface area contributed by atoms with E-state index >= 15 is 4.79 Å². The summed E-state index contributed by atoms with van der Waals surface area (Å²) >= 11 is 3.22. The van der Waals surface area contributed by atoms with Gasteiger partial charge in [-0.2, -0.15) is 0 Å². The number of cyclic esters (lactones) is 1. The maximum atomic E-state index is 15.2. The summed E-state index contributed by atoms with van der Waals surface area (Å²) in [5, 5.41) is 5.01. The molecule has 2 saturated heterocycles. The van der Waals surface area contributed by atoms with Crippen LogP contribution in [0.3, 0.4) is 0 Å². The molecule has 2 aliphatic heterocycles. The topological polar surface area (TPSA) is 116 Å². The van der Waals surface area contributed by atoms with Gasteiger partial charge in [0.25, 0.3) is 0 Å². The molecule has 3 heterocycles. The third-order valence-electron chi connectivity index (χ3n) is 14.2. The highest BCUT2D eigenvalue weighted by Gasteiger charge is 2.59. The summed E-state index contributed by atoms with van der Waals surface area (Å²) in [6.45, 7) is 32.6. The van der Waals surface area contributed by atoms with E-state index in [-0.39, 0.29) is 47.7 Å². The van der Waals surface area contributed by atoms with Crippen molar-refractivity contribution in [1.82, 2.24) is 15.2 Å². The first-order valence-corrected chi connectivity index (χ1v) is 30.2. The highest BCUT2D eigenvalue weighted by Crippen LogP contribution is 2.49. The van der Waals surface area contributed by atoms with E-state index in [0.29, 0.717) is 19.5 Å². The largest absolute Gasteiger partial charge is 0.458 e. The molecule has 2 unspecified atom stereocenters. The van der Waals surface area contributed by atoms with Crippen LogP contribution in [0.5, 0.6) is 0 Å². The number of nitrogens with one attached hydrogen (secondary N) is 1. The van der Waals surface area contributed by atoms with Crippen molar-refractivity contribution in [3.8, 4) is 0 Å². The fourth-order valence-electron chi connectivity index (χ4n) is 9.50. The zero-order chi connectivity index (χ0) is 45.3. The Balaban J connectivity index is 2.15. The van der Waals surface area contributed by atoms with Crippen LogP contribution >= 0.6 is 23.1 Å². The smallest absolute Gasteiger partial charge is 0.407 e. The van der Waals surface area contributed by atoms with E-state index in [1.165, 1.54) is 0 Å². The molecule has 1 aromatic rings. The van der Waals surface area contributed by atoms with Crippen molar-refractivity contribution in [2.75, 3.05) is 19.3 Å². The number of ether oxygens (including phenoxy) is 2. The number of fused-ring (bicyclic) bond motifs is 1. The number of hydrogen-bond acceptors (Lipinski definition) is 11. The van der Waals surface area contributed by atoms with Gasteiger partial charge in [-0.3, -0.25) is 14.5 Å². The molecule has 2 fully saturated rings. The molecule has 344 valence electrons. The minimum atomic E-state index is -2.28. The van der Waals surface area contributed by atoms with Crippen LogP contribution in [0, 0.1) is 17.3 Å². The highest BCUT2D eigenvalue weighted by atomic mass is 32.2. The second-order valence-electron chi connectivity index (χ2n) is 19.5. The summed E-state index contributed by atoms with van der Waals surface area (Å²) in [6.07, 6.45) is 5.62. The molecule has 8 atom stereocenters. The van der Waals surface area contributed by atoms with Crippen LogP contribution in [0.25, 0.3) is 6.08 Å². The van der Waals surface area contributed by atoms with Gasteiger partial charge in [0.1, 0.15) is 21.8 Å². The average Bonchev–Trinajstić information content (AvgIpc) is 3.47. The lowest BCUT2D eigenvalue weighted by Gasteiger charge is -2.44. The summed E-state index contributed by atoms with van der Waals surface area (Å²) in [5.41, 5.74) is 0.0383. The van der Waals surface area contributed by atoms with E-state index in [4.69, 9.17) is 23.3 Å². The second-order valence-corrected chi connectivity index (χ2v) is 30.8. The van der Waals surface area contributed by atoms with Gasteiger partial charge in [-0.25, -0.2) is 9.78 Å². The lowest BCUT2D eigenvalue weighted by Crippen LogP contribution is -2.53. The van der Waals surface area contributed by atoms with Crippen LogP contribution in [0.2, 0.25) is 36.3 Å². The summed E-state index contributed by atoms with van der Waals surface area (Å²) < 4.78 is 27.7. The number of amides is 1. The number of carbonyl (C=O) groups is 3. The van der Waals surface area contributed by atoms with Crippen LogP contribution in [0.1, 0.15) is 142 Å². The molecular formula is C46H83N3O7S2Si2. The fraction of sp³-hybridized carbons (Fsp3) is 0.826. The lowest BCUT2D eigenvalue weighted by molar-refractivity contribution is -0.153. The van der Waals surface area contributed by atoms with E-state index in [1.54, 1.807) is 23.1 Å². The summed E-state index contributed by atoms with van der Waals surface area (Å²) in [6, 6.07) is 5.83. The molecule has 0 saturated carbocycles. The van der Waals surface area contributed by atoms with Gasteiger partial charge in [0.15, 0.2) is 16.6 Å². The van der Waals surface area contributed by atoms with Gasteiger partial charge in [0, 0.05) is 47.8 Å². The van der Waals surface area contributed by atoms with Crippen LogP contribution in [-0.2, 0) is 27.9 Å². The van der Waals surface area contributed by atoms with Gasteiger partial charge in [-0.1, -0.05) is 87.4 Å². The first-order valence-electron chi connectivity index (χ1n) is 23.0. The maximum Gasteiger partial charge on any atom is 0.407 e. The van der Waals surface area contributed by atoms with Gasteiger partial charge in [-0.15, -0.1) is 11.3 Å². The number of alkyl carbamates (subject to hydrolysis) is 1. The normalized spacial score (nSPS) is 28.8. The lowest BCUT2D eigenvalue weighted by atomic mass is 9.73. The molecular weight excluding hydrogens is 827 g/mol. The molecule has 2 aliphatic rings. The zero-order valence-corrected chi connectivity index (χ0v) is 44.0. The molecule has 1 aromatic heterocycles. The molecule has 14 heteroatoms. The van der Waals surface area contributed by atoms with Crippen LogP contribution in [0.4, 0.5) is 4.79 Å². The monoisotopic (exact) mass is 910 g/mol. The van der Waals surface area contributed by atoms with E-state index < -0.39 is 46.0 Å². The van der Waals surface area contributed by atoms with Gasteiger partial charge in [0.05, 0.1) is 24.3 Å². The predicted octanol–water partition coefficient (Wildman–Crippen LogP) is 11.8. The molecule has 1 N–H and O–H groups in total. The molecule has 0 spiro atoms. The van der Waals surface area contributed by atoms with Crippen molar-refractivity contribution in [2.24, 2.45) is 17.3 Å². The third-order valence-corrected chi connectivity index (χ3v) is 25.4. The Morgan fingerprint density at radius 2 is 1.60 bits per heavy atom. The Morgan fingerprint density at radius 1 is 1.02 bits per heavy atom. The number of esters is 1. The molecule has 0 bridgehead atoms. The first kappa shape index (κ1) is 52.8. The summed E-state index contributed by atoms with van der Waals surface area (Å²) in [7, 11) is -4.39. The molecule has 3 rings (SSSR count).